The van der Waals surface area contributed by atoms with Crippen molar-refractivity contribution in [1.29, 1.82) is 0 Å². The number of rotatable bonds is 2. The number of nitrogens with one attached hydrogen (secondary N) is 1. The van der Waals surface area contributed by atoms with Gasteiger partial charge in [0.15, 0.2) is 0 Å². The van der Waals surface area contributed by atoms with Crippen LogP contribution >= 0.6 is 11.6 Å². The minimum atomic E-state index is -0.420. The molecule has 2 nitrogen and oxygen atoms in total. The van der Waals surface area contributed by atoms with E-state index in [1.165, 1.54) is 6.07 Å². The van der Waals surface area contributed by atoms with Crippen LogP contribution in [0.3, 0.4) is 0 Å². The molecule has 4 heteroatoms. The van der Waals surface area contributed by atoms with Crippen LogP contribution < -0.4 is 11.3 Å². The highest BCUT2D eigenvalue weighted by Gasteiger charge is 2.10. The molecule has 0 heterocycles. The SMILES string of the molecule is CC(NN)c1cccc(F)c1Cl. The molecule has 0 aliphatic rings. The van der Waals surface area contributed by atoms with E-state index < -0.39 is 5.82 Å². The summed E-state index contributed by atoms with van der Waals surface area (Å²) >= 11 is 5.70. The van der Waals surface area contributed by atoms with Gasteiger partial charge in [-0.2, -0.15) is 0 Å². The molecule has 0 spiro atoms. The van der Waals surface area contributed by atoms with Crippen molar-refractivity contribution in [3.05, 3.63) is 34.6 Å². The molecule has 0 saturated heterocycles. The average Bonchev–Trinajstić information content (AvgIpc) is 2.08. The molecular formula is C8H10ClFN2. The molecule has 1 unspecified atom stereocenters. The quantitative estimate of drug-likeness (QED) is 0.551. The average molecular weight is 189 g/mol. The fraction of sp³-hybridized carbons (Fsp3) is 0.250. The third kappa shape index (κ3) is 1.75. The molecular weight excluding hydrogens is 179 g/mol. The maximum Gasteiger partial charge on any atom is 0.142 e. The molecule has 0 fully saturated rings. The third-order valence-electron chi connectivity index (χ3n) is 1.70. The lowest BCUT2D eigenvalue weighted by Gasteiger charge is -2.11. The minimum absolute atomic E-state index is 0.128. The van der Waals surface area contributed by atoms with E-state index in [9.17, 15) is 4.39 Å². The zero-order valence-corrected chi connectivity index (χ0v) is 7.40. The van der Waals surface area contributed by atoms with Crippen LogP contribution in [0.4, 0.5) is 4.39 Å². The maximum absolute atomic E-state index is 12.9. The standard InChI is InChI=1S/C8H10ClFN2/c1-5(12-11)6-3-2-4-7(10)8(6)9/h2-5,12H,11H2,1H3. The van der Waals surface area contributed by atoms with Gasteiger partial charge in [0.05, 0.1) is 5.02 Å². The van der Waals surface area contributed by atoms with Gasteiger partial charge < -0.3 is 0 Å². The molecule has 0 saturated carbocycles. The number of hydrogen-bond acceptors (Lipinski definition) is 2. The predicted octanol–water partition coefficient (Wildman–Crippen LogP) is 2.00. The van der Waals surface area contributed by atoms with Gasteiger partial charge in [0.1, 0.15) is 5.82 Å². The van der Waals surface area contributed by atoms with Crippen LogP contribution in [0, 0.1) is 5.82 Å². The zero-order chi connectivity index (χ0) is 9.14. The van der Waals surface area contributed by atoms with Crippen LogP contribution in [0.25, 0.3) is 0 Å². The highest BCUT2D eigenvalue weighted by Crippen LogP contribution is 2.24. The molecule has 1 aromatic carbocycles. The second-order valence-electron chi connectivity index (χ2n) is 2.53. The van der Waals surface area contributed by atoms with Gasteiger partial charge in [0.25, 0.3) is 0 Å². The normalized spacial score (nSPS) is 13.0. The molecule has 0 aliphatic carbocycles. The summed E-state index contributed by atoms with van der Waals surface area (Å²) in [6, 6.07) is 4.50. The van der Waals surface area contributed by atoms with E-state index in [4.69, 9.17) is 17.4 Å². The van der Waals surface area contributed by atoms with Crippen LogP contribution in [0.1, 0.15) is 18.5 Å². The van der Waals surface area contributed by atoms with Crippen molar-refractivity contribution < 1.29 is 4.39 Å². The summed E-state index contributed by atoms with van der Waals surface area (Å²) in [6.45, 7) is 1.81. The first-order valence-corrected chi connectivity index (χ1v) is 3.94. The molecule has 0 aliphatic heterocycles. The van der Waals surface area contributed by atoms with Crippen molar-refractivity contribution >= 4 is 11.6 Å². The molecule has 3 N–H and O–H groups in total. The number of benzene rings is 1. The Morgan fingerprint density at radius 2 is 2.25 bits per heavy atom. The van der Waals surface area contributed by atoms with Gasteiger partial charge in [-0.05, 0) is 18.6 Å². The van der Waals surface area contributed by atoms with Crippen LogP contribution in [0.15, 0.2) is 18.2 Å². The van der Waals surface area contributed by atoms with Crippen LogP contribution in [0.2, 0.25) is 5.02 Å². The van der Waals surface area contributed by atoms with Gasteiger partial charge in [-0.3, -0.25) is 11.3 Å². The van der Waals surface area contributed by atoms with Crippen molar-refractivity contribution in [2.45, 2.75) is 13.0 Å². The van der Waals surface area contributed by atoms with Gasteiger partial charge >= 0.3 is 0 Å². The van der Waals surface area contributed by atoms with Gasteiger partial charge in [-0.25, -0.2) is 4.39 Å². The molecule has 0 radical (unpaired) electrons. The first-order chi connectivity index (χ1) is 5.66. The molecule has 1 rings (SSSR count). The Kier molecular flexibility index (Phi) is 3.03. The van der Waals surface area contributed by atoms with Gasteiger partial charge in [-0.15, -0.1) is 0 Å². The lowest BCUT2D eigenvalue weighted by atomic mass is 10.1. The number of halogens is 2. The second kappa shape index (κ2) is 3.85. The van der Waals surface area contributed by atoms with E-state index in [2.05, 4.69) is 5.43 Å². The molecule has 0 amide bonds. The molecule has 12 heavy (non-hydrogen) atoms. The van der Waals surface area contributed by atoms with Crippen molar-refractivity contribution in [3.8, 4) is 0 Å². The van der Waals surface area contributed by atoms with Gasteiger partial charge in [0.2, 0.25) is 0 Å². The van der Waals surface area contributed by atoms with E-state index in [0.717, 1.165) is 0 Å². The summed E-state index contributed by atoms with van der Waals surface area (Å²) in [7, 11) is 0. The van der Waals surface area contributed by atoms with E-state index in [1.54, 1.807) is 19.1 Å². The lowest BCUT2D eigenvalue weighted by molar-refractivity contribution is 0.586. The molecule has 66 valence electrons. The van der Waals surface area contributed by atoms with E-state index in [-0.39, 0.29) is 11.1 Å². The van der Waals surface area contributed by atoms with Crippen LogP contribution in [0.5, 0.6) is 0 Å². The van der Waals surface area contributed by atoms with Crippen LogP contribution in [-0.4, -0.2) is 0 Å². The number of hydrogen-bond donors (Lipinski definition) is 2. The van der Waals surface area contributed by atoms with Crippen molar-refractivity contribution in [2.75, 3.05) is 0 Å². The molecule has 0 aromatic heterocycles. The van der Waals surface area contributed by atoms with Crippen molar-refractivity contribution in [2.24, 2.45) is 5.84 Å². The van der Waals surface area contributed by atoms with E-state index >= 15 is 0 Å². The zero-order valence-electron chi connectivity index (χ0n) is 6.64. The Labute approximate surface area is 75.5 Å². The van der Waals surface area contributed by atoms with Crippen molar-refractivity contribution in [1.82, 2.24) is 5.43 Å². The highest BCUT2D eigenvalue weighted by molar-refractivity contribution is 6.31. The first kappa shape index (κ1) is 9.45. The molecule has 1 aromatic rings. The Hall–Kier alpha value is -0.640. The Balaban J connectivity index is 3.07. The Morgan fingerprint density at radius 1 is 1.58 bits per heavy atom. The fourth-order valence-electron chi connectivity index (χ4n) is 0.945. The Morgan fingerprint density at radius 3 is 2.83 bits per heavy atom. The van der Waals surface area contributed by atoms with E-state index in [1.807, 2.05) is 0 Å². The molecule has 0 bridgehead atoms. The Bertz CT molecular complexity index is 278. The third-order valence-corrected chi connectivity index (χ3v) is 2.10. The number of hydrazine groups is 1. The number of nitrogens with two attached hydrogens (primary N) is 1. The monoisotopic (exact) mass is 188 g/mol. The lowest BCUT2D eigenvalue weighted by Crippen LogP contribution is -2.25. The fourth-order valence-corrected chi connectivity index (χ4v) is 1.23. The largest absolute Gasteiger partial charge is 0.271 e. The summed E-state index contributed by atoms with van der Waals surface area (Å²) in [5.41, 5.74) is 3.16. The summed E-state index contributed by atoms with van der Waals surface area (Å²) in [6.07, 6.45) is 0. The first-order valence-electron chi connectivity index (χ1n) is 3.57. The minimum Gasteiger partial charge on any atom is -0.271 e. The summed E-state index contributed by atoms with van der Waals surface area (Å²) in [4.78, 5) is 0. The summed E-state index contributed by atoms with van der Waals surface area (Å²) < 4.78 is 12.9. The second-order valence-corrected chi connectivity index (χ2v) is 2.91. The topological polar surface area (TPSA) is 38.0 Å². The summed E-state index contributed by atoms with van der Waals surface area (Å²) in [5.74, 6) is 4.77. The maximum atomic E-state index is 12.9. The highest BCUT2D eigenvalue weighted by atomic mass is 35.5. The smallest absolute Gasteiger partial charge is 0.142 e. The van der Waals surface area contributed by atoms with Gasteiger partial charge in [0, 0.05) is 6.04 Å². The van der Waals surface area contributed by atoms with Gasteiger partial charge in [-0.1, -0.05) is 23.7 Å². The van der Waals surface area contributed by atoms with E-state index in [0.29, 0.717) is 5.56 Å². The molecule has 1 atom stereocenters. The van der Waals surface area contributed by atoms with Crippen LogP contribution in [-0.2, 0) is 0 Å². The predicted molar refractivity (Wildman–Crippen MR) is 47.1 cm³/mol. The summed E-state index contributed by atoms with van der Waals surface area (Å²) in [5, 5.41) is 0.128. The van der Waals surface area contributed by atoms with Crippen molar-refractivity contribution in [3.63, 3.8) is 0 Å².